The predicted molar refractivity (Wildman–Crippen MR) is 118 cm³/mol. The summed E-state index contributed by atoms with van der Waals surface area (Å²) in [5.41, 5.74) is -0.720. The summed E-state index contributed by atoms with van der Waals surface area (Å²) < 4.78 is 32.1. The molecular weight excluding hydrogens is 451 g/mol. The lowest BCUT2D eigenvalue weighted by Crippen LogP contribution is -2.70. The number of esters is 1. The minimum Gasteiger partial charge on any atom is -0.462 e. The van der Waals surface area contributed by atoms with E-state index in [0.717, 1.165) is 31.7 Å². The molecule has 5 fully saturated rings. The van der Waals surface area contributed by atoms with Crippen LogP contribution in [-0.4, -0.2) is 36.4 Å². The topological polar surface area (TPSA) is 63.2 Å². The fourth-order valence-electron chi connectivity index (χ4n) is 6.49. The van der Waals surface area contributed by atoms with E-state index in [2.05, 4.69) is 13.8 Å². The first kappa shape index (κ1) is 23.5. The third kappa shape index (κ3) is 4.00. The van der Waals surface area contributed by atoms with Crippen LogP contribution >= 0.6 is 11.6 Å². The molecule has 33 heavy (non-hydrogen) atoms. The van der Waals surface area contributed by atoms with Crippen LogP contribution in [0.5, 0.6) is 0 Å². The van der Waals surface area contributed by atoms with Gasteiger partial charge in [-0.15, -0.1) is 0 Å². The molecule has 1 spiro atoms. The van der Waals surface area contributed by atoms with Gasteiger partial charge in [0.15, 0.2) is 11.9 Å². The average molecular weight is 483 g/mol. The van der Waals surface area contributed by atoms with Gasteiger partial charge >= 0.3 is 5.97 Å². The molecule has 0 aromatic heterocycles. The zero-order valence-electron chi connectivity index (χ0n) is 19.4. The molecule has 4 saturated heterocycles. The Hall–Kier alpha value is -1.25. The summed E-state index contributed by atoms with van der Waals surface area (Å²) in [5, 5.41) is 0.291. The van der Waals surface area contributed by atoms with Crippen LogP contribution < -0.4 is 0 Å². The number of rotatable bonds is 5. The standard InChI is InChI=1S/C25H32ClFO6/c1-14-6-8-19-15(2)21(5-4-12-29-22(28)17-13-16(26)7-9-20(17)27)30-23-25(19)18(14)10-11-24(3,31-23)32-33-25/h7,9,13-15,18-19,21,23H,4-6,8,10-12H2,1-3H3/t14-,15-,18+,19+,21-,23?,24?,25-/m1/s1. The second kappa shape index (κ2) is 8.76. The summed E-state index contributed by atoms with van der Waals surface area (Å²) in [6.45, 7) is 6.60. The Morgan fingerprint density at radius 2 is 2.03 bits per heavy atom. The Morgan fingerprint density at radius 3 is 2.85 bits per heavy atom. The summed E-state index contributed by atoms with van der Waals surface area (Å²) in [6, 6.07) is 3.85. The quantitative estimate of drug-likeness (QED) is 0.306. The van der Waals surface area contributed by atoms with Crippen molar-refractivity contribution in [3.63, 3.8) is 0 Å². The maximum atomic E-state index is 13.9. The molecule has 0 N–H and O–H groups in total. The average Bonchev–Trinajstić information content (AvgIpc) is 3.02. The molecule has 0 radical (unpaired) electrons. The molecule has 8 atom stereocenters. The molecule has 6 rings (SSSR count). The van der Waals surface area contributed by atoms with Gasteiger partial charge in [0.2, 0.25) is 5.79 Å². The highest BCUT2D eigenvalue weighted by molar-refractivity contribution is 6.30. The molecule has 0 amide bonds. The van der Waals surface area contributed by atoms with Gasteiger partial charge in [0.1, 0.15) is 5.82 Å². The molecule has 4 heterocycles. The third-order valence-corrected chi connectivity index (χ3v) is 8.54. The maximum Gasteiger partial charge on any atom is 0.341 e. The second-order valence-electron chi connectivity index (χ2n) is 10.3. The number of fused-ring (bicyclic) bond motifs is 2. The van der Waals surface area contributed by atoms with E-state index in [1.165, 1.54) is 12.1 Å². The van der Waals surface area contributed by atoms with Crippen molar-refractivity contribution in [1.29, 1.82) is 0 Å². The fraction of sp³-hybridized carbons (Fsp3) is 0.720. The highest BCUT2D eigenvalue weighted by Crippen LogP contribution is 2.60. The summed E-state index contributed by atoms with van der Waals surface area (Å²) in [5.74, 6) is -0.772. The Balaban J connectivity index is 1.24. The lowest BCUT2D eigenvalue weighted by atomic mass is 9.57. The van der Waals surface area contributed by atoms with Gasteiger partial charge in [-0.25, -0.2) is 19.0 Å². The molecular formula is C25H32ClFO6. The van der Waals surface area contributed by atoms with E-state index in [4.69, 9.17) is 35.6 Å². The van der Waals surface area contributed by atoms with Crippen LogP contribution in [-0.2, 0) is 24.0 Å². The predicted octanol–water partition coefficient (Wildman–Crippen LogP) is 5.67. The lowest BCUT2D eigenvalue weighted by molar-refractivity contribution is -0.571. The SMILES string of the molecule is C[C@H]1[C@@H](CCCOC(=O)c2cc(Cl)ccc2F)OC2OC3(C)CC[C@H]4[C@H](C)CC[C@@H]1[C@@]24OO3. The fourth-order valence-corrected chi connectivity index (χ4v) is 6.66. The van der Waals surface area contributed by atoms with Crippen molar-refractivity contribution < 1.29 is 33.2 Å². The first-order valence-electron chi connectivity index (χ1n) is 12.1. The number of hydrogen-bond donors (Lipinski definition) is 0. The molecule has 1 aromatic carbocycles. The minimum atomic E-state index is -0.792. The molecule has 6 nitrogen and oxygen atoms in total. The third-order valence-electron chi connectivity index (χ3n) is 8.31. The van der Waals surface area contributed by atoms with Crippen molar-refractivity contribution in [2.75, 3.05) is 6.61 Å². The Bertz CT molecular complexity index is 913. The molecule has 1 aliphatic carbocycles. The Labute approximate surface area is 198 Å². The van der Waals surface area contributed by atoms with Gasteiger partial charge < -0.3 is 14.2 Å². The molecule has 182 valence electrons. The summed E-state index contributed by atoms with van der Waals surface area (Å²) >= 11 is 5.87. The molecule has 2 bridgehead atoms. The van der Waals surface area contributed by atoms with Crippen LogP contribution in [0, 0.1) is 29.5 Å². The van der Waals surface area contributed by atoms with Crippen LogP contribution in [0.4, 0.5) is 4.39 Å². The van der Waals surface area contributed by atoms with Gasteiger partial charge in [-0.1, -0.05) is 25.4 Å². The van der Waals surface area contributed by atoms with E-state index in [1.54, 1.807) is 0 Å². The highest BCUT2D eigenvalue weighted by atomic mass is 35.5. The number of carbonyl (C=O) groups excluding carboxylic acids is 1. The van der Waals surface area contributed by atoms with Gasteiger partial charge in [0, 0.05) is 17.4 Å². The number of ether oxygens (including phenoxy) is 3. The summed E-state index contributed by atoms with van der Waals surface area (Å²) in [6.07, 6.45) is 4.77. The van der Waals surface area contributed by atoms with Crippen LogP contribution in [0.15, 0.2) is 18.2 Å². The zero-order valence-corrected chi connectivity index (χ0v) is 20.1. The lowest BCUT2D eigenvalue weighted by Gasteiger charge is -2.60. The monoisotopic (exact) mass is 482 g/mol. The minimum absolute atomic E-state index is 0.0483. The van der Waals surface area contributed by atoms with Crippen molar-refractivity contribution in [3.8, 4) is 0 Å². The van der Waals surface area contributed by atoms with E-state index >= 15 is 0 Å². The number of benzene rings is 1. The van der Waals surface area contributed by atoms with Crippen molar-refractivity contribution >= 4 is 17.6 Å². The molecule has 2 unspecified atom stereocenters. The van der Waals surface area contributed by atoms with Crippen LogP contribution in [0.2, 0.25) is 5.02 Å². The van der Waals surface area contributed by atoms with Crippen LogP contribution in [0.1, 0.15) is 69.7 Å². The van der Waals surface area contributed by atoms with Crippen molar-refractivity contribution in [3.05, 3.63) is 34.6 Å². The Morgan fingerprint density at radius 1 is 1.21 bits per heavy atom. The van der Waals surface area contributed by atoms with Crippen molar-refractivity contribution in [2.24, 2.45) is 23.7 Å². The van der Waals surface area contributed by atoms with E-state index < -0.39 is 29.5 Å². The van der Waals surface area contributed by atoms with Gasteiger partial charge in [-0.3, -0.25) is 0 Å². The Kier molecular flexibility index (Phi) is 6.23. The van der Waals surface area contributed by atoms with Crippen LogP contribution in [0.25, 0.3) is 0 Å². The largest absolute Gasteiger partial charge is 0.462 e. The van der Waals surface area contributed by atoms with Crippen molar-refractivity contribution in [1.82, 2.24) is 0 Å². The zero-order chi connectivity index (χ0) is 23.4. The second-order valence-corrected chi connectivity index (χ2v) is 10.8. The normalized spacial score (nSPS) is 41.8. The van der Waals surface area contributed by atoms with Gasteiger partial charge in [0.05, 0.1) is 18.3 Å². The van der Waals surface area contributed by atoms with E-state index in [0.29, 0.717) is 29.7 Å². The molecule has 4 aliphatic heterocycles. The van der Waals surface area contributed by atoms with E-state index in [-0.39, 0.29) is 30.1 Å². The first-order valence-corrected chi connectivity index (χ1v) is 12.4. The molecule has 8 heteroatoms. The van der Waals surface area contributed by atoms with Gasteiger partial charge in [-0.05, 0) is 75.0 Å². The highest BCUT2D eigenvalue weighted by Gasteiger charge is 2.69. The number of carbonyl (C=O) groups is 1. The summed E-state index contributed by atoms with van der Waals surface area (Å²) in [7, 11) is 0. The number of halogens is 2. The van der Waals surface area contributed by atoms with E-state index in [9.17, 15) is 9.18 Å². The molecule has 5 aliphatic rings. The van der Waals surface area contributed by atoms with Crippen molar-refractivity contribution in [2.45, 2.75) is 83.1 Å². The first-order chi connectivity index (χ1) is 15.7. The van der Waals surface area contributed by atoms with E-state index in [1.807, 2.05) is 6.92 Å². The molecule has 1 saturated carbocycles. The molecule has 1 aromatic rings. The smallest absolute Gasteiger partial charge is 0.341 e. The van der Waals surface area contributed by atoms with Crippen LogP contribution in [0.3, 0.4) is 0 Å². The maximum absolute atomic E-state index is 13.9. The summed E-state index contributed by atoms with van der Waals surface area (Å²) in [4.78, 5) is 24.3. The number of hydrogen-bond acceptors (Lipinski definition) is 6. The van der Waals surface area contributed by atoms with Gasteiger partial charge in [0.25, 0.3) is 0 Å². The van der Waals surface area contributed by atoms with Gasteiger partial charge in [-0.2, -0.15) is 0 Å².